The van der Waals surface area contributed by atoms with Crippen LogP contribution in [0, 0.1) is 11.7 Å². The molecule has 112 valence electrons. The third-order valence-corrected chi connectivity index (χ3v) is 3.63. The van der Waals surface area contributed by atoms with Crippen LogP contribution in [0.3, 0.4) is 0 Å². The van der Waals surface area contributed by atoms with E-state index in [0.717, 1.165) is 36.8 Å². The number of hydrogen-bond acceptors (Lipinski definition) is 3. The van der Waals surface area contributed by atoms with E-state index in [2.05, 4.69) is 18.9 Å². The highest BCUT2D eigenvalue weighted by molar-refractivity contribution is 5.32. The Bertz CT molecular complexity index is 600. The molecule has 1 unspecified atom stereocenters. The van der Waals surface area contributed by atoms with E-state index >= 15 is 0 Å². The summed E-state index contributed by atoms with van der Waals surface area (Å²) in [6, 6.07) is 6.38. The number of nitrogens with zero attached hydrogens (tertiary/aromatic N) is 3. The zero-order chi connectivity index (χ0) is 14.8. The lowest BCUT2D eigenvalue weighted by atomic mass is 10.1. The summed E-state index contributed by atoms with van der Waals surface area (Å²) >= 11 is 0. The predicted molar refractivity (Wildman–Crippen MR) is 78.0 cm³/mol. The van der Waals surface area contributed by atoms with Crippen LogP contribution in [-0.4, -0.2) is 28.0 Å². The van der Waals surface area contributed by atoms with E-state index in [1.165, 1.54) is 12.1 Å². The summed E-state index contributed by atoms with van der Waals surface area (Å²) in [5.41, 5.74) is 0.848. The van der Waals surface area contributed by atoms with Gasteiger partial charge in [0.15, 0.2) is 5.82 Å². The molecule has 1 atom stereocenters. The smallest absolute Gasteiger partial charge is 0.151 e. The summed E-state index contributed by atoms with van der Waals surface area (Å²) in [5.74, 6) is 2.29. The molecule has 0 saturated carbocycles. The molecule has 0 aliphatic carbocycles. The van der Waals surface area contributed by atoms with Crippen LogP contribution in [0.2, 0.25) is 0 Å². The van der Waals surface area contributed by atoms with Crippen LogP contribution in [-0.2, 0) is 11.2 Å². The molecule has 3 rings (SSSR count). The molecule has 0 bridgehead atoms. The van der Waals surface area contributed by atoms with Crippen LogP contribution in [0.25, 0.3) is 5.69 Å². The molecule has 0 radical (unpaired) electrons. The topological polar surface area (TPSA) is 39.9 Å². The average molecular weight is 289 g/mol. The number of benzene rings is 1. The van der Waals surface area contributed by atoms with Gasteiger partial charge in [-0.1, -0.05) is 13.8 Å². The third kappa shape index (κ3) is 3.13. The molecular formula is C16H20FN3O. The molecule has 1 aromatic heterocycles. The van der Waals surface area contributed by atoms with Crippen LogP contribution in [0.4, 0.5) is 4.39 Å². The second-order valence-corrected chi connectivity index (χ2v) is 5.93. The largest absolute Gasteiger partial charge is 0.381 e. The maximum absolute atomic E-state index is 13.1. The molecule has 4 nitrogen and oxygen atoms in total. The fourth-order valence-electron chi connectivity index (χ4n) is 2.59. The first-order chi connectivity index (χ1) is 10.1. The normalized spacial score (nSPS) is 18.6. The number of halogens is 1. The van der Waals surface area contributed by atoms with Crippen molar-refractivity contribution in [3.05, 3.63) is 41.7 Å². The second-order valence-electron chi connectivity index (χ2n) is 5.93. The SMILES string of the molecule is CC(C)Cc1nc(C2CCOC2)n(-c2ccc(F)cc2)n1. The van der Waals surface area contributed by atoms with Crippen molar-refractivity contribution >= 4 is 0 Å². The van der Waals surface area contributed by atoms with Gasteiger partial charge >= 0.3 is 0 Å². The van der Waals surface area contributed by atoms with E-state index in [9.17, 15) is 4.39 Å². The molecular weight excluding hydrogens is 269 g/mol. The van der Waals surface area contributed by atoms with E-state index in [1.54, 1.807) is 12.1 Å². The molecule has 1 aromatic carbocycles. The van der Waals surface area contributed by atoms with Crippen LogP contribution >= 0.6 is 0 Å². The fraction of sp³-hybridized carbons (Fsp3) is 0.500. The number of aromatic nitrogens is 3. The van der Waals surface area contributed by atoms with Crippen molar-refractivity contribution in [2.45, 2.75) is 32.6 Å². The summed E-state index contributed by atoms with van der Waals surface area (Å²) in [6.45, 7) is 5.75. The van der Waals surface area contributed by atoms with Gasteiger partial charge in [-0.15, -0.1) is 0 Å². The maximum atomic E-state index is 13.1. The Hall–Kier alpha value is -1.75. The van der Waals surface area contributed by atoms with Gasteiger partial charge in [0.05, 0.1) is 12.3 Å². The molecule has 1 saturated heterocycles. The minimum absolute atomic E-state index is 0.244. The Morgan fingerprint density at radius 1 is 1.33 bits per heavy atom. The minimum atomic E-state index is -0.244. The van der Waals surface area contributed by atoms with Crippen molar-refractivity contribution in [1.82, 2.24) is 14.8 Å². The third-order valence-electron chi connectivity index (χ3n) is 3.63. The van der Waals surface area contributed by atoms with Gasteiger partial charge in [-0.2, -0.15) is 5.10 Å². The van der Waals surface area contributed by atoms with Gasteiger partial charge in [0.1, 0.15) is 11.6 Å². The highest BCUT2D eigenvalue weighted by Gasteiger charge is 2.25. The monoisotopic (exact) mass is 289 g/mol. The lowest BCUT2D eigenvalue weighted by Crippen LogP contribution is -2.09. The maximum Gasteiger partial charge on any atom is 0.151 e. The first-order valence-electron chi connectivity index (χ1n) is 7.43. The van der Waals surface area contributed by atoms with E-state index in [4.69, 9.17) is 9.72 Å². The van der Waals surface area contributed by atoms with Crippen molar-refractivity contribution < 1.29 is 9.13 Å². The Kier molecular flexibility index (Phi) is 4.01. The highest BCUT2D eigenvalue weighted by atomic mass is 19.1. The lowest BCUT2D eigenvalue weighted by molar-refractivity contribution is 0.193. The van der Waals surface area contributed by atoms with E-state index in [-0.39, 0.29) is 11.7 Å². The van der Waals surface area contributed by atoms with Gasteiger partial charge in [-0.05, 0) is 36.6 Å². The molecule has 1 aliphatic rings. The van der Waals surface area contributed by atoms with Gasteiger partial charge < -0.3 is 4.74 Å². The first kappa shape index (κ1) is 14.2. The van der Waals surface area contributed by atoms with Gasteiger partial charge in [0, 0.05) is 18.9 Å². The lowest BCUT2D eigenvalue weighted by Gasteiger charge is -2.09. The Labute approximate surface area is 124 Å². The van der Waals surface area contributed by atoms with Gasteiger partial charge in [0.2, 0.25) is 0 Å². The zero-order valence-corrected chi connectivity index (χ0v) is 12.4. The number of hydrogen-bond donors (Lipinski definition) is 0. The summed E-state index contributed by atoms with van der Waals surface area (Å²) in [4.78, 5) is 4.71. The molecule has 2 heterocycles. The number of rotatable bonds is 4. The summed E-state index contributed by atoms with van der Waals surface area (Å²) in [6.07, 6.45) is 1.80. The standard InChI is InChI=1S/C16H20FN3O/c1-11(2)9-15-18-16(12-7-8-21-10-12)20(19-15)14-5-3-13(17)4-6-14/h3-6,11-12H,7-10H2,1-2H3. The van der Waals surface area contributed by atoms with E-state index in [0.29, 0.717) is 12.5 Å². The van der Waals surface area contributed by atoms with E-state index in [1.807, 2.05) is 4.68 Å². The predicted octanol–water partition coefficient (Wildman–Crippen LogP) is 3.11. The van der Waals surface area contributed by atoms with Gasteiger partial charge in [-0.25, -0.2) is 14.1 Å². The molecule has 1 fully saturated rings. The quantitative estimate of drug-likeness (QED) is 0.868. The van der Waals surface area contributed by atoms with Crippen LogP contribution in [0.1, 0.15) is 37.8 Å². The summed E-state index contributed by atoms with van der Waals surface area (Å²) in [7, 11) is 0. The van der Waals surface area contributed by atoms with Crippen molar-refractivity contribution in [3.63, 3.8) is 0 Å². The zero-order valence-electron chi connectivity index (χ0n) is 12.4. The van der Waals surface area contributed by atoms with Crippen LogP contribution < -0.4 is 0 Å². The van der Waals surface area contributed by atoms with Crippen molar-refractivity contribution in [2.75, 3.05) is 13.2 Å². The fourth-order valence-corrected chi connectivity index (χ4v) is 2.59. The van der Waals surface area contributed by atoms with Gasteiger partial charge in [-0.3, -0.25) is 0 Å². The second kappa shape index (κ2) is 5.93. The first-order valence-corrected chi connectivity index (χ1v) is 7.43. The molecule has 0 N–H and O–H groups in total. The van der Waals surface area contributed by atoms with Crippen LogP contribution in [0.5, 0.6) is 0 Å². The Morgan fingerprint density at radius 3 is 2.71 bits per heavy atom. The van der Waals surface area contributed by atoms with Crippen molar-refractivity contribution in [2.24, 2.45) is 5.92 Å². The van der Waals surface area contributed by atoms with Crippen molar-refractivity contribution in [3.8, 4) is 5.69 Å². The Balaban J connectivity index is 1.99. The molecule has 21 heavy (non-hydrogen) atoms. The summed E-state index contributed by atoms with van der Waals surface area (Å²) < 4.78 is 20.4. The molecule has 2 aromatic rings. The Morgan fingerprint density at radius 2 is 2.10 bits per heavy atom. The molecule has 5 heteroatoms. The number of ether oxygens (including phenoxy) is 1. The molecule has 0 amide bonds. The minimum Gasteiger partial charge on any atom is -0.381 e. The average Bonchev–Trinajstić information content (AvgIpc) is 3.07. The van der Waals surface area contributed by atoms with Gasteiger partial charge in [0.25, 0.3) is 0 Å². The summed E-state index contributed by atoms with van der Waals surface area (Å²) in [5, 5.41) is 4.62. The van der Waals surface area contributed by atoms with Crippen LogP contribution in [0.15, 0.2) is 24.3 Å². The molecule has 1 aliphatic heterocycles. The van der Waals surface area contributed by atoms with Crippen molar-refractivity contribution in [1.29, 1.82) is 0 Å². The molecule has 0 spiro atoms. The highest BCUT2D eigenvalue weighted by Crippen LogP contribution is 2.26. The van der Waals surface area contributed by atoms with E-state index < -0.39 is 0 Å².